The van der Waals surface area contributed by atoms with Crippen LogP contribution in [0.25, 0.3) is 0 Å². The van der Waals surface area contributed by atoms with Crippen LogP contribution in [0.2, 0.25) is 0 Å². The SMILES string of the molecule is CC=CC(C)CCCCCCN. The van der Waals surface area contributed by atoms with Gasteiger partial charge in [0.2, 0.25) is 0 Å². The van der Waals surface area contributed by atoms with Gasteiger partial charge in [-0.25, -0.2) is 0 Å². The van der Waals surface area contributed by atoms with Crippen LogP contribution < -0.4 is 5.73 Å². The van der Waals surface area contributed by atoms with Gasteiger partial charge < -0.3 is 5.73 Å². The molecule has 2 N–H and O–H groups in total. The maximum absolute atomic E-state index is 5.41. The molecule has 0 radical (unpaired) electrons. The predicted molar refractivity (Wildman–Crippen MR) is 56.1 cm³/mol. The quantitative estimate of drug-likeness (QED) is 0.460. The second-order valence-corrected chi connectivity index (χ2v) is 3.49. The molecule has 72 valence electrons. The minimum atomic E-state index is 0.757. The zero-order valence-electron chi connectivity index (χ0n) is 8.55. The molecule has 0 aromatic carbocycles. The molecule has 0 aromatic heterocycles. The highest BCUT2D eigenvalue weighted by Crippen LogP contribution is 2.10. The van der Waals surface area contributed by atoms with Crippen molar-refractivity contribution < 1.29 is 0 Å². The molecule has 0 rings (SSSR count). The van der Waals surface area contributed by atoms with E-state index in [-0.39, 0.29) is 0 Å². The molecule has 0 saturated heterocycles. The lowest BCUT2D eigenvalue weighted by atomic mass is 10.0. The highest BCUT2D eigenvalue weighted by molar-refractivity contribution is 4.82. The Hall–Kier alpha value is -0.300. The van der Waals surface area contributed by atoms with Crippen LogP contribution in [-0.2, 0) is 0 Å². The highest BCUT2D eigenvalue weighted by atomic mass is 14.5. The molecule has 0 aliphatic heterocycles. The Balaban J connectivity index is 3.08. The van der Waals surface area contributed by atoms with Crippen molar-refractivity contribution in [3.05, 3.63) is 12.2 Å². The van der Waals surface area contributed by atoms with E-state index in [1.54, 1.807) is 0 Å². The van der Waals surface area contributed by atoms with Crippen molar-refractivity contribution in [3.8, 4) is 0 Å². The van der Waals surface area contributed by atoms with Crippen molar-refractivity contribution in [2.45, 2.75) is 46.0 Å². The van der Waals surface area contributed by atoms with Gasteiger partial charge in [-0.05, 0) is 32.2 Å². The summed E-state index contributed by atoms with van der Waals surface area (Å²) >= 11 is 0. The molecule has 0 aromatic rings. The minimum absolute atomic E-state index is 0.757. The second-order valence-electron chi connectivity index (χ2n) is 3.49. The molecule has 0 aliphatic carbocycles. The van der Waals surface area contributed by atoms with Crippen LogP contribution in [-0.4, -0.2) is 6.54 Å². The van der Waals surface area contributed by atoms with Crippen LogP contribution in [0.4, 0.5) is 0 Å². The van der Waals surface area contributed by atoms with Gasteiger partial charge in [0.05, 0.1) is 0 Å². The van der Waals surface area contributed by atoms with E-state index in [0.717, 1.165) is 12.5 Å². The lowest BCUT2D eigenvalue weighted by Gasteiger charge is -2.04. The summed E-state index contributed by atoms with van der Waals surface area (Å²) in [6, 6.07) is 0. The summed E-state index contributed by atoms with van der Waals surface area (Å²) in [5.41, 5.74) is 5.41. The molecule has 1 atom stereocenters. The third kappa shape index (κ3) is 7.80. The Morgan fingerprint density at radius 3 is 2.42 bits per heavy atom. The molecule has 0 saturated carbocycles. The van der Waals surface area contributed by atoms with Crippen LogP contribution in [0.3, 0.4) is 0 Å². The number of hydrogen-bond donors (Lipinski definition) is 1. The Morgan fingerprint density at radius 1 is 1.17 bits per heavy atom. The average molecular weight is 169 g/mol. The van der Waals surface area contributed by atoms with Gasteiger partial charge in [0, 0.05) is 0 Å². The standard InChI is InChI=1S/C11H23N/c1-3-8-11(2)9-6-4-5-7-10-12/h3,8,11H,4-7,9-10,12H2,1-2H3. The van der Waals surface area contributed by atoms with Gasteiger partial charge >= 0.3 is 0 Å². The van der Waals surface area contributed by atoms with E-state index < -0.39 is 0 Å². The summed E-state index contributed by atoms with van der Waals surface area (Å²) in [5, 5.41) is 0. The molecule has 0 fully saturated rings. The Labute approximate surface area is 77.0 Å². The fourth-order valence-corrected chi connectivity index (χ4v) is 1.39. The molecular formula is C11H23N. The molecule has 0 heterocycles. The number of allylic oxidation sites excluding steroid dienone is 2. The van der Waals surface area contributed by atoms with E-state index in [0.29, 0.717) is 0 Å². The fourth-order valence-electron chi connectivity index (χ4n) is 1.39. The topological polar surface area (TPSA) is 26.0 Å². The second kappa shape index (κ2) is 8.79. The molecule has 12 heavy (non-hydrogen) atoms. The molecule has 1 unspecified atom stereocenters. The number of unbranched alkanes of at least 4 members (excludes halogenated alkanes) is 3. The summed E-state index contributed by atoms with van der Waals surface area (Å²) in [6.45, 7) is 5.22. The fraction of sp³-hybridized carbons (Fsp3) is 0.818. The van der Waals surface area contributed by atoms with E-state index >= 15 is 0 Å². The average Bonchev–Trinajstić information content (AvgIpc) is 2.05. The van der Waals surface area contributed by atoms with Crippen molar-refractivity contribution in [1.29, 1.82) is 0 Å². The summed E-state index contributed by atoms with van der Waals surface area (Å²) < 4.78 is 0. The number of hydrogen-bond acceptors (Lipinski definition) is 1. The van der Waals surface area contributed by atoms with Crippen LogP contribution in [0.5, 0.6) is 0 Å². The first-order chi connectivity index (χ1) is 5.81. The lowest BCUT2D eigenvalue weighted by Crippen LogP contribution is -1.98. The van der Waals surface area contributed by atoms with Gasteiger partial charge in [0.25, 0.3) is 0 Å². The lowest BCUT2D eigenvalue weighted by molar-refractivity contribution is 0.555. The molecule has 0 bridgehead atoms. The number of rotatable bonds is 7. The van der Waals surface area contributed by atoms with Gasteiger partial charge in [-0.1, -0.05) is 38.3 Å². The summed E-state index contributed by atoms with van der Waals surface area (Å²) in [4.78, 5) is 0. The van der Waals surface area contributed by atoms with Crippen LogP contribution in [0.1, 0.15) is 46.0 Å². The highest BCUT2D eigenvalue weighted by Gasteiger charge is 1.95. The minimum Gasteiger partial charge on any atom is -0.330 e. The van der Waals surface area contributed by atoms with E-state index in [1.807, 2.05) is 0 Å². The number of nitrogens with two attached hydrogens (primary N) is 1. The van der Waals surface area contributed by atoms with Gasteiger partial charge in [0.1, 0.15) is 0 Å². The maximum atomic E-state index is 5.41. The van der Waals surface area contributed by atoms with Crippen LogP contribution >= 0.6 is 0 Å². The van der Waals surface area contributed by atoms with E-state index in [4.69, 9.17) is 5.73 Å². The van der Waals surface area contributed by atoms with Gasteiger partial charge in [-0.2, -0.15) is 0 Å². The third-order valence-electron chi connectivity index (χ3n) is 2.13. The monoisotopic (exact) mass is 169 g/mol. The third-order valence-corrected chi connectivity index (χ3v) is 2.13. The van der Waals surface area contributed by atoms with Crippen molar-refractivity contribution >= 4 is 0 Å². The largest absolute Gasteiger partial charge is 0.330 e. The Morgan fingerprint density at radius 2 is 1.83 bits per heavy atom. The van der Waals surface area contributed by atoms with E-state index in [2.05, 4.69) is 26.0 Å². The first-order valence-corrected chi connectivity index (χ1v) is 5.14. The Bertz CT molecular complexity index is 108. The summed E-state index contributed by atoms with van der Waals surface area (Å²) in [7, 11) is 0. The first-order valence-electron chi connectivity index (χ1n) is 5.14. The van der Waals surface area contributed by atoms with Gasteiger partial charge in [0.15, 0.2) is 0 Å². The normalized spacial score (nSPS) is 13.9. The zero-order chi connectivity index (χ0) is 9.23. The van der Waals surface area contributed by atoms with Gasteiger partial charge in [-0.15, -0.1) is 0 Å². The molecule has 0 amide bonds. The smallest absolute Gasteiger partial charge is 0.00773 e. The maximum Gasteiger partial charge on any atom is -0.00773 e. The van der Waals surface area contributed by atoms with Crippen molar-refractivity contribution in [1.82, 2.24) is 0 Å². The van der Waals surface area contributed by atoms with Crippen molar-refractivity contribution in [2.75, 3.05) is 6.54 Å². The van der Waals surface area contributed by atoms with Crippen molar-refractivity contribution in [2.24, 2.45) is 11.7 Å². The molecular weight excluding hydrogens is 146 g/mol. The van der Waals surface area contributed by atoms with Crippen molar-refractivity contribution in [3.63, 3.8) is 0 Å². The molecule has 0 spiro atoms. The first kappa shape index (κ1) is 11.7. The predicted octanol–water partition coefficient (Wildman–Crippen LogP) is 3.11. The van der Waals surface area contributed by atoms with Gasteiger partial charge in [-0.3, -0.25) is 0 Å². The molecule has 1 heteroatoms. The molecule has 1 nitrogen and oxygen atoms in total. The zero-order valence-corrected chi connectivity index (χ0v) is 8.55. The van der Waals surface area contributed by atoms with Crippen LogP contribution in [0, 0.1) is 5.92 Å². The summed E-state index contributed by atoms with van der Waals surface area (Å²) in [5.74, 6) is 0.757. The summed E-state index contributed by atoms with van der Waals surface area (Å²) in [6.07, 6.45) is 10.9. The van der Waals surface area contributed by atoms with Crippen LogP contribution in [0.15, 0.2) is 12.2 Å². The van der Waals surface area contributed by atoms with E-state index in [1.165, 1.54) is 32.1 Å². The molecule has 0 aliphatic rings. The Kier molecular flexibility index (Phi) is 8.57. The van der Waals surface area contributed by atoms with E-state index in [9.17, 15) is 0 Å².